The number of likely N-dealkylation sites (N-methyl/N-ethyl adjacent to an activating group) is 1. The molecule has 0 aliphatic rings. The molecule has 0 aliphatic heterocycles. The minimum Gasteiger partial charge on any atom is -0.492 e. The van der Waals surface area contributed by atoms with Crippen LogP contribution in [-0.2, 0) is 4.79 Å². The van der Waals surface area contributed by atoms with Gasteiger partial charge in [-0.3, -0.25) is 4.79 Å². The van der Waals surface area contributed by atoms with Gasteiger partial charge in [-0.05, 0) is 25.5 Å². The van der Waals surface area contributed by atoms with Crippen molar-refractivity contribution in [2.75, 3.05) is 20.2 Å². The van der Waals surface area contributed by atoms with Crippen LogP contribution in [0.25, 0.3) is 0 Å². The van der Waals surface area contributed by atoms with Gasteiger partial charge in [-0.1, -0.05) is 6.07 Å². The van der Waals surface area contributed by atoms with Crippen LogP contribution >= 0.6 is 0 Å². The predicted octanol–water partition coefficient (Wildman–Crippen LogP) is 1.82. The number of amides is 1. The summed E-state index contributed by atoms with van der Waals surface area (Å²) in [6, 6.07) is 5.88. The number of ether oxygens (including phenoxy) is 1. The molecule has 0 heterocycles. The average Bonchev–Trinajstić information content (AvgIpc) is 2.35. The Morgan fingerprint density at radius 1 is 1.53 bits per heavy atom. The van der Waals surface area contributed by atoms with Crippen LogP contribution in [0.3, 0.4) is 0 Å². The van der Waals surface area contributed by atoms with E-state index < -0.39 is 6.10 Å². The van der Waals surface area contributed by atoms with Crippen molar-refractivity contribution in [3.63, 3.8) is 0 Å². The van der Waals surface area contributed by atoms with E-state index in [2.05, 4.69) is 0 Å². The van der Waals surface area contributed by atoms with Crippen molar-refractivity contribution in [1.82, 2.24) is 4.90 Å². The van der Waals surface area contributed by atoms with Gasteiger partial charge in [0.15, 0.2) is 0 Å². The van der Waals surface area contributed by atoms with Crippen LogP contribution in [0.2, 0.25) is 0 Å². The third-order valence-electron chi connectivity index (χ3n) is 2.69. The molecule has 1 aromatic rings. The molecule has 0 saturated carbocycles. The number of aliphatic hydroxyl groups excluding tert-OH is 1. The topological polar surface area (TPSA) is 49.8 Å². The molecular formula is C14H20FNO3. The van der Waals surface area contributed by atoms with Crippen LogP contribution < -0.4 is 4.74 Å². The van der Waals surface area contributed by atoms with E-state index in [-0.39, 0.29) is 11.7 Å². The summed E-state index contributed by atoms with van der Waals surface area (Å²) in [5.41, 5.74) is 0. The summed E-state index contributed by atoms with van der Waals surface area (Å²) < 4.78 is 18.2. The highest BCUT2D eigenvalue weighted by atomic mass is 19.1. The first-order valence-corrected chi connectivity index (χ1v) is 6.29. The third kappa shape index (κ3) is 6.20. The number of rotatable bonds is 7. The summed E-state index contributed by atoms with van der Waals surface area (Å²) in [7, 11) is 1.68. The lowest BCUT2D eigenvalue weighted by Crippen LogP contribution is -2.31. The van der Waals surface area contributed by atoms with Gasteiger partial charge in [0.25, 0.3) is 0 Å². The molecule has 1 rings (SSSR count). The molecule has 0 saturated heterocycles. The number of hydrogen-bond acceptors (Lipinski definition) is 3. The van der Waals surface area contributed by atoms with Gasteiger partial charge in [-0.2, -0.15) is 0 Å². The third-order valence-corrected chi connectivity index (χ3v) is 2.69. The number of aliphatic hydroxyl groups is 1. The maximum Gasteiger partial charge on any atom is 0.222 e. The predicted molar refractivity (Wildman–Crippen MR) is 70.4 cm³/mol. The molecule has 0 spiro atoms. The fourth-order valence-electron chi connectivity index (χ4n) is 1.51. The molecule has 5 heteroatoms. The first kappa shape index (κ1) is 15.4. The number of halogens is 1. The summed E-state index contributed by atoms with van der Waals surface area (Å²) in [5, 5.41) is 9.10. The van der Waals surface area contributed by atoms with Crippen molar-refractivity contribution in [3.05, 3.63) is 30.1 Å². The van der Waals surface area contributed by atoms with E-state index in [1.165, 1.54) is 12.1 Å². The molecule has 0 radical (unpaired) electrons. The lowest BCUT2D eigenvalue weighted by molar-refractivity contribution is -0.130. The van der Waals surface area contributed by atoms with Gasteiger partial charge in [0.2, 0.25) is 5.91 Å². The van der Waals surface area contributed by atoms with E-state index >= 15 is 0 Å². The first-order valence-electron chi connectivity index (χ1n) is 6.29. The van der Waals surface area contributed by atoms with E-state index in [9.17, 15) is 9.18 Å². The molecule has 0 aliphatic carbocycles. The Morgan fingerprint density at radius 2 is 2.26 bits per heavy atom. The summed E-state index contributed by atoms with van der Waals surface area (Å²) in [4.78, 5) is 13.2. The first-order chi connectivity index (χ1) is 8.99. The zero-order valence-electron chi connectivity index (χ0n) is 11.3. The zero-order chi connectivity index (χ0) is 14.3. The normalized spacial score (nSPS) is 12.0. The number of carbonyl (C=O) groups is 1. The highest BCUT2D eigenvalue weighted by Gasteiger charge is 2.09. The lowest BCUT2D eigenvalue weighted by Gasteiger charge is -2.18. The Kier molecular flexibility index (Phi) is 6.29. The molecule has 0 fully saturated rings. The Balaban J connectivity index is 2.26. The summed E-state index contributed by atoms with van der Waals surface area (Å²) in [6.45, 7) is 2.38. The van der Waals surface area contributed by atoms with Crippen molar-refractivity contribution in [3.8, 4) is 5.75 Å². The van der Waals surface area contributed by atoms with E-state index in [0.29, 0.717) is 31.7 Å². The fraction of sp³-hybridized carbons (Fsp3) is 0.500. The van der Waals surface area contributed by atoms with Crippen LogP contribution in [0.5, 0.6) is 5.75 Å². The largest absolute Gasteiger partial charge is 0.492 e. The second-order valence-corrected chi connectivity index (χ2v) is 4.51. The second-order valence-electron chi connectivity index (χ2n) is 4.51. The van der Waals surface area contributed by atoms with Gasteiger partial charge in [0.1, 0.15) is 18.2 Å². The van der Waals surface area contributed by atoms with Gasteiger partial charge >= 0.3 is 0 Å². The Bertz CT molecular complexity index is 409. The molecule has 1 unspecified atom stereocenters. The van der Waals surface area contributed by atoms with E-state index in [1.54, 1.807) is 31.0 Å². The molecule has 4 nitrogen and oxygen atoms in total. The number of benzene rings is 1. The maximum absolute atomic E-state index is 12.9. The maximum atomic E-state index is 12.9. The fourth-order valence-corrected chi connectivity index (χ4v) is 1.51. The van der Waals surface area contributed by atoms with Gasteiger partial charge in [-0.25, -0.2) is 4.39 Å². The minimum absolute atomic E-state index is 0.0382. The molecule has 1 atom stereocenters. The Labute approximate surface area is 112 Å². The number of carbonyl (C=O) groups excluding carboxylic acids is 1. The van der Waals surface area contributed by atoms with Crippen LogP contribution in [0.15, 0.2) is 24.3 Å². The van der Waals surface area contributed by atoms with Crippen LogP contribution in [0.4, 0.5) is 4.39 Å². The zero-order valence-corrected chi connectivity index (χ0v) is 11.3. The summed E-state index contributed by atoms with van der Waals surface area (Å²) in [5.74, 6) is 0.0624. The monoisotopic (exact) mass is 269 g/mol. The van der Waals surface area contributed by atoms with Crippen LogP contribution in [0, 0.1) is 5.82 Å². The van der Waals surface area contributed by atoms with E-state index in [0.717, 1.165) is 0 Å². The quantitative estimate of drug-likeness (QED) is 0.821. The Morgan fingerprint density at radius 3 is 2.89 bits per heavy atom. The second kappa shape index (κ2) is 7.74. The van der Waals surface area contributed by atoms with Gasteiger partial charge in [0.05, 0.1) is 12.6 Å². The molecule has 1 amide bonds. The van der Waals surface area contributed by atoms with Gasteiger partial charge in [0, 0.05) is 19.5 Å². The van der Waals surface area contributed by atoms with Crippen molar-refractivity contribution in [2.45, 2.75) is 25.9 Å². The molecular weight excluding hydrogens is 249 g/mol. The van der Waals surface area contributed by atoms with Crippen molar-refractivity contribution >= 4 is 5.91 Å². The molecule has 19 heavy (non-hydrogen) atoms. The van der Waals surface area contributed by atoms with Gasteiger partial charge in [-0.15, -0.1) is 0 Å². The van der Waals surface area contributed by atoms with Crippen LogP contribution in [-0.4, -0.2) is 42.2 Å². The number of nitrogens with zero attached hydrogens (tertiary/aromatic N) is 1. The van der Waals surface area contributed by atoms with E-state index in [4.69, 9.17) is 9.84 Å². The average molecular weight is 269 g/mol. The molecule has 1 N–H and O–H groups in total. The lowest BCUT2D eigenvalue weighted by atomic mass is 10.2. The van der Waals surface area contributed by atoms with Gasteiger partial charge < -0.3 is 14.7 Å². The highest BCUT2D eigenvalue weighted by molar-refractivity contribution is 5.75. The summed E-state index contributed by atoms with van der Waals surface area (Å²) >= 11 is 0. The standard InChI is InChI=1S/C14H20FNO3/c1-11(17)6-7-14(18)16(2)8-9-19-13-5-3-4-12(15)10-13/h3-5,10-11,17H,6-9H2,1-2H3. The molecule has 0 bridgehead atoms. The Hall–Kier alpha value is -1.62. The van der Waals surface area contributed by atoms with E-state index in [1.807, 2.05) is 0 Å². The molecule has 0 aromatic heterocycles. The van der Waals surface area contributed by atoms with Crippen molar-refractivity contribution in [2.24, 2.45) is 0 Å². The van der Waals surface area contributed by atoms with Crippen molar-refractivity contribution < 1.29 is 19.0 Å². The smallest absolute Gasteiger partial charge is 0.222 e. The minimum atomic E-state index is -0.471. The molecule has 1 aromatic carbocycles. The van der Waals surface area contributed by atoms with Crippen molar-refractivity contribution in [1.29, 1.82) is 0 Å². The number of hydrogen-bond donors (Lipinski definition) is 1. The summed E-state index contributed by atoms with van der Waals surface area (Å²) in [6.07, 6.45) is 0.295. The highest BCUT2D eigenvalue weighted by Crippen LogP contribution is 2.11. The molecule has 106 valence electrons. The van der Waals surface area contributed by atoms with Crippen LogP contribution in [0.1, 0.15) is 19.8 Å². The SMILES string of the molecule is CC(O)CCC(=O)N(C)CCOc1cccc(F)c1.